The summed E-state index contributed by atoms with van der Waals surface area (Å²) in [5.74, 6) is -0.908. The SMILES string of the molecule is Cc1cc(S(=O)(=O)N2CCOC23CCN(C(=O)Cc2ccc(F)cc2)CC3)ccc1F. The molecule has 2 aliphatic rings. The van der Waals surface area contributed by atoms with Gasteiger partial charge in [0, 0.05) is 32.5 Å². The Hall–Kier alpha value is -2.36. The standard InChI is InChI=1S/C22H24F2N2O4S/c1-16-14-19(6-7-20(16)24)31(28,29)26-12-13-30-22(26)8-10-25(11-9-22)21(27)15-17-2-4-18(23)5-3-17/h2-7,14H,8-13,15H2,1H3. The Bertz CT molecular complexity index is 1080. The lowest BCUT2D eigenvalue weighted by molar-refractivity contribution is -0.139. The number of benzene rings is 2. The molecule has 4 rings (SSSR count). The van der Waals surface area contributed by atoms with E-state index in [4.69, 9.17) is 4.74 Å². The number of likely N-dealkylation sites (tertiary alicyclic amines) is 1. The molecule has 2 heterocycles. The van der Waals surface area contributed by atoms with E-state index in [1.807, 2.05) is 0 Å². The van der Waals surface area contributed by atoms with Gasteiger partial charge in [-0.3, -0.25) is 4.79 Å². The summed E-state index contributed by atoms with van der Waals surface area (Å²) in [5.41, 5.74) is -0.0236. The van der Waals surface area contributed by atoms with Crippen molar-refractivity contribution in [2.24, 2.45) is 0 Å². The van der Waals surface area contributed by atoms with E-state index in [-0.39, 0.29) is 41.8 Å². The van der Waals surface area contributed by atoms with E-state index in [0.717, 1.165) is 11.6 Å². The van der Waals surface area contributed by atoms with Crippen molar-refractivity contribution in [1.29, 1.82) is 0 Å². The normalized spacial score (nSPS) is 19.1. The fraction of sp³-hybridized carbons (Fsp3) is 0.409. The maximum atomic E-state index is 13.6. The second kappa shape index (κ2) is 8.29. The van der Waals surface area contributed by atoms with Gasteiger partial charge in [-0.15, -0.1) is 0 Å². The van der Waals surface area contributed by atoms with Crippen molar-refractivity contribution >= 4 is 15.9 Å². The number of carbonyl (C=O) groups excluding carboxylic acids is 1. The first-order valence-corrected chi connectivity index (χ1v) is 11.6. The number of nitrogens with zero attached hydrogens (tertiary/aromatic N) is 2. The molecule has 0 unspecified atom stereocenters. The third-order valence-corrected chi connectivity index (χ3v) is 7.95. The van der Waals surface area contributed by atoms with Crippen molar-refractivity contribution in [3.63, 3.8) is 0 Å². The maximum absolute atomic E-state index is 13.6. The molecule has 0 bridgehead atoms. The number of amides is 1. The van der Waals surface area contributed by atoms with E-state index in [1.165, 1.54) is 35.5 Å². The van der Waals surface area contributed by atoms with Gasteiger partial charge in [0.2, 0.25) is 15.9 Å². The number of halogens is 2. The molecule has 2 aromatic rings. The summed E-state index contributed by atoms with van der Waals surface area (Å²) in [6, 6.07) is 9.56. The van der Waals surface area contributed by atoms with Gasteiger partial charge in [-0.05, 0) is 48.4 Å². The molecule has 0 aliphatic carbocycles. The molecule has 2 aromatic carbocycles. The predicted molar refractivity (Wildman–Crippen MR) is 110 cm³/mol. The van der Waals surface area contributed by atoms with Crippen molar-refractivity contribution in [3.05, 3.63) is 65.2 Å². The van der Waals surface area contributed by atoms with E-state index in [2.05, 4.69) is 0 Å². The highest BCUT2D eigenvalue weighted by Gasteiger charge is 2.51. The highest BCUT2D eigenvalue weighted by atomic mass is 32.2. The van der Waals surface area contributed by atoms with Crippen LogP contribution in [0.3, 0.4) is 0 Å². The Morgan fingerprint density at radius 3 is 2.39 bits per heavy atom. The molecule has 166 valence electrons. The summed E-state index contributed by atoms with van der Waals surface area (Å²) in [5, 5.41) is 0. The number of hydrogen-bond donors (Lipinski definition) is 0. The van der Waals surface area contributed by atoms with Crippen molar-refractivity contribution in [3.8, 4) is 0 Å². The molecule has 0 saturated carbocycles. The lowest BCUT2D eigenvalue weighted by Crippen LogP contribution is -2.55. The van der Waals surface area contributed by atoms with Crippen LogP contribution in [-0.4, -0.2) is 55.5 Å². The van der Waals surface area contributed by atoms with E-state index < -0.39 is 21.6 Å². The van der Waals surface area contributed by atoms with Gasteiger partial charge < -0.3 is 9.64 Å². The minimum absolute atomic E-state index is 0.0334. The van der Waals surface area contributed by atoms with Crippen LogP contribution in [0.15, 0.2) is 47.4 Å². The largest absolute Gasteiger partial charge is 0.358 e. The molecule has 2 fully saturated rings. The lowest BCUT2D eigenvalue weighted by Gasteiger charge is -2.42. The summed E-state index contributed by atoms with van der Waals surface area (Å²) < 4.78 is 60.5. The van der Waals surface area contributed by atoms with Crippen LogP contribution in [0, 0.1) is 18.6 Å². The molecule has 6 nitrogen and oxygen atoms in total. The Balaban J connectivity index is 1.47. The summed E-state index contributed by atoms with van der Waals surface area (Å²) >= 11 is 0. The molecule has 2 saturated heterocycles. The third kappa shape index (κ3) is 4.22. The Labute approximate surface area is 180 Å². The van der Waals surface area contributed by atoms with Gasteiger partial charge in [0.25, 0.3) is 0 Å². The number of rotatable bonds is 4. The maximum Gasteiger partial charge on any atom is 0.245 e. The summed E-state index contributed by atoms with van der Waals surface area (Å²) in [6.45, 7) is 2.71. The molecule has 0 radical (unpaired) electrons. The lowest BCUT2D eigenvalue weighted by atomic mass is 10.00. The smallest absolute Gasteiger partial charge is 0.245 e. The molecule has 31 heavy (non-hydrogen) atoms. The van der Waals surface area contributed by atoms with E-state index >= 15 is 0 Å². The van der Waals surface area contributed by atoms with Gasteiger partial charge in [-0.25, -0.2) is 17.2 Å². The van der Waals surface area contributed by atoms with Crippen LogP contribution in [-0.2, 0) is 26.0 Å². The fourth-order valence-electron chi connectivity index (χ4n) is 4.23. The van der Waals surface area contributed by atoms with Gasteiger partial charge in [0.05, 0.1) is 17.9 Å². The van der Waals surface area contributed by atoms with Crippen molar-refractivity contribution < 1.29 is 26.7 Å². The van der Waals surface area contributed by atoms with Crippen LogP contribution in [0.2, 0.25) is 0 Å². The van der Waals surface area contributed by atoms with Crippen LogP contribution < -0.4 is 0 Å². The van der Waals surface area contributed by atoms with Gasteiger partial charge in [-0.2, -0.15) is 4.31 Å². The Morgan fingerprint density at radius 1 is 1.06 bits per heavy atom. The molecule has 1 spiro atoms. The number of ether oxygens (including phenoxy) is 1. The highest BCUT2D eigenvalue weighted by molar-refractivity contribution is 7.89. The Morgan fingerprint density at radius 2 is 1.74 bits per heavy atom. The fourth-order valence-corrected chi connectivity index (χ4v) is 6.03. The second-order valence-electron chi connectivity index (χ2n) is 7.97. The van der Waals surface area contributed by atoms with E-state index in [1.54, 1.807) is 17.0 Å². The average molecular weight is 451 g/mol. The quantitative estimate of drug-likeness (QED) is 0.719. The summed E-state index contributed by atoms with van der Waals surface area (Å²) in [6.07, 6.45) is 0.855. The number of sulfonamides is 1. The first-order chi connectivity index (χ1) is 14.7. The van der Waals surface area contributed by atoms with Crippen LogP contribution in [0.4, 0.5) is 8.78 Å². The van der Waals surface area contributed by atoms with Gasteiger partial charge in [0.1, 0.15) is 17.4 Å². The van der Waals surface area contributed by atoms with Crippen LogP contribution in [0.1, 0.15) is 24.0 Å². The van der Waals surface area contributed by atoms with Crippen molar-refractivity contribution in [2.45, 2.75) is 36.8 Å². The van der Waals surface area contributed by atoms with Gasteiger partial charge in [-0.1, -0.05) is 12.1 Å². The summed E-state index contributed by atoms with van der Waals surface area (Å²) in [4.78, 5) is 14.4. The minimum atomic E-state index is -3.87. The van der Waals surface area contributed by atoms with E-state index in [0.29, 0.717) is 25.9 Å². The van der Waals surface area contributed by atoms with Crippen LogP contribution in [0.5, 0.6) is 0 Å². The summed E-state index contributed by atoms with van der Waals surface area (Å²) in [7, 11) is -3.87. The highest BCUT2D eigenvalue weighted by Crippen LogP contribution is 2.38. The first kappa shape index (κ1) is 21.9. The second-order valence-corrected chi connectivity index (χ2v) is 9.83. The Kier molecular flexibility index (Phi) is 5.85. The zero-order valence-electron chi connectivity index (χ0n) is 17.2. The van der Waals surface area contributed by atoms with Gasteiger partial charge >= 0.3 is 0 Å². The number of hydrogen-bond acceptors (Lipinski definition) is 4. The molecule has 0 aromatic heterocycles. The van der Waals surface area contributed by atoms with Crippen molar-refractivity contribution in [2.75, 3.05) is 26.2 Å². The number of carbonyl (C=O) groups is 1. The molecule has 2 aliphatic heterocycles. The van der Waals surface area contributed by atoms with Crippen LogP contribution in [0.25, 0.3) is 0 Å². The van der Waals surface area contributed by atoms with Crippen molar-refractivity contribution in [1.82, 2.24) is 9.21 Å². The minimum Gasteiger partial charge on any atom is -0.358 e. The number of piperidine rings is 1. The molecule has 1 amide bonds. The monoisotopic (exact) mass is 450 g/mol. The number of aryl methyl sites for hydroxylation is 1. The van der Waals surface area contributed by atoms with Crippen LogP contribution >= 0.6 is 0 Å². The zero-order valence-corrected chi connectivity index (χ0v) is 18.0. The zero-order chi connectivity index (χ0) is 22.2. The molecule has 0 atom stereocenters. The molecular weight excluding hydrogens is 426 g/mol. The topological polar surface area (TPSA) is 66.9 Å². The van der Waals surface area contributed by atoms with E-state index in [9.17, 15) is 22.0 Å². The van der Waals surface area contributed by atoms with Gasteiger partial charge in [0.15, 0.2) is 0 Å². The molecule has 0 N–H and O–H groups in total. The third-order valence-electron chi connectivity index (χ3n) is 6.00. The molecule has 9 heteroatoms. The molecular formula is C22H24F2N2O4S. The average Bonchev–Trinajstić information content (AvgIpc) is 3.16. The predicted octanol–water partition coefficient (Wildman–Crippen LogP) is 2.86. The first-order valence-electron chi connectivity index (χ1n) is 10.2.